The highest BCUT2D eigenvalue weighted by Gasteiger charge is 2.20. The van der Waals surface area contributed by atoms with Gasteiger partial charge in [0.15, 0.2) is 0 Å². The maximum Gasteiger partial charge on any atom is 0.341 e. The molecule has 0 bridgehead atoms. The second kappa shape index (κ2) is 9.21. The average Bonchev–Trinajstić information content (AvgIpc) is 2.73. The number of benzene rings is 2. The summed E-state index contributed by atoms with van der Waals surface area (Å²) in [5, 5.41) is 9.66. The van der Waals surface area contributed by atoms with E-state index >= 15 is 0 Å². The topological polar surface area (TPSA) is 79.4 Å². The summed E-state index contributed by atoms with van der Waals surface area (Å²) >= 11 is 0. The third-order valence-corrected chi connectivity index (χ3v) is 5.24. The van der Waals surface area contributed by atoms with Crippen molar-refractivity contribution in [3.63, 3.8) is 0 Å². The molecule has 3 aromatic rings. The molecule has 0 saturated carbocycles. The molecule has 0 saturated heterocycles. The Labute approximate surface area is 182 Å². The lowest BCUT2D eigenvalue weighted by atomic mass is 9.86. The van der Waals surface area contributed by atoms with Gasteiger partial charge in [-0.1, -0.05) is 58.4 Å². The zero-order valence-corrected chi connectivity index (χ0v) is 18.5. The first kappa shape index (κ1) is 22.3. The number of H-pyrrole nitrogens is 1. The Kier molecular flexibility index (Phi) is 6.64. The zero-order chi connectivity index (χ0) is 22.6. The van der Waals surface area contributed by atoms with E-state index in [0.29, 0.717) is 23.4 Å². The molecular formula is C26H29NO4. The quantitative estimate of drug-likeness (QED) is 0.469. The molecule has 162 valence electrons. The fourth-order valence-corrected chi connectivity index (χ4v) is 3.37. The zero-order valence-electron chi connectivity index (χ0n) is 18.5. The first-order valence-electron chi connectivity index (χ1n) is 10.6. The number of carboxylic acid groups (broad SMARTS) is 1. The van der Waals surface area contributed by atoms with Crippen molar-refractivity contribution in [2.24, 2.45) is 0 Å². The number of pyridine rings is 1. The molecule has 0 atom stereocenters. The molecule has 3 rings (SSSR count). The van der Waals surface area contributed by atoms with E-state index in [1.165, 1.54) is 0 Å². The first-order valence-corrected chi connectivity index (χ1v) is 10.6. The van der Waals surface area contributed by atoms with E-state index in [1.807, 2.05) is 48.5 Å². The SMILES string of the molecule is CCCCOc1ccc(-c2cc(-c3ccc(C(C)(C)C)cc3)c(C(=O)O)c(=O)[nH]2)cc1. The molecule has 5 nitrogen and oxygen atoms in total. The molecule has 0 radical (unpaired) electrons. The maximum atomic E-state index is 12.7. The van der Waals surface area contributed by atoms with Crippen molar-refractivity contribution in [1.82, 2.24) is 4.98 Å². The minimum absolute atomic E-state index is 0.0194. The molecule has 2 aromatic carbocycles. The van der Waals surface area contributed by atoms with Crippen LogP contribution in [-0.4, -0.2) is 22.7 Å². The molecule has 0 spiro atoms. The standard InChI is InChI=1S/C26H29NO4/c1-5-6-15-31-20-13-9-18(10-14-20)22-16-21(23(25(29)30)24(28)27-22)17-7-11-19(12-8-17)26(2,3)4/h7-14,16H,5-6,15H2,1-4H3,(H,27,28)(H,29,30). The molecular weight excluding hydrogens is 390 g/mol. The van der Waals surface area contributed by atoms with Crippen LogP contribution in [0.25, 0.3) is 22.4 Å². The van der Waals surface area contributed by atoms with Crippen molar-refractivity contribution >= 4 is 5.97 Å². The molecule has 0 aliphatic carbocycles. The lowest BCUT2D eigenvalue weighted by Crippen LogP contribution is -2.19. The highest BCUT2D eigenvalue weighted by molar-refractivity contribution is 5.96. The molecule has 0 amide bonds. The Morgan fingerprint density at radius 1 is 1.00 bits per heavy atom. The molecule has 31 heavy (non-hydrogen) atoms. The van der Waals surface area contributed by atoms with Gasteiger partial charge >= 0.3 is 5.97 Å². The number of hydrogen-bond acceptors (Lipinski definition) is 3. The van der Waals surface area contributed by atoms with Crippen molar-refractivity contribution < 1.29 is 14.6 Å². The number of carboxylic acids is 1. The molecule has 2 N–H and O–H groups in total. The van der Waals surface area contributed by atoms with Crippen LogP contribution in [-0.2, 0) is 5.41 Å². The van der Waals surface area contributed by atoms with Crippen LogP contribution in [0.15, 0.2) is 59.4 Å². The predicted molar refractivity (Wildman–Crippen MR) is 124 cm³/mol. The normalized spacial score (nSPS) is 11.4. The number of aromatic carboxylic acids is 1. The molecule has 0 unspecified atom stereocenters. The van der Waals surface area contributed by atoms with Gasteiger partial charge in [0.1, 0.15) is 11.3 Å². The smallest absolute Gasteiger partial charge is 0.341 e. The summed E-state index contributed by atoms with van der Waals surface area (Å²) in [6.07, 6.45) is 2.05. The van der Waals surface area contributed by atoms with Gasteiger partial charge in [-0.25, -0.2) is 4.79 Å². The molecule has 0 aliphatic rings. The van der Waals surface area contributed by atoms with Gasteiger partial charge in [0.05, 0.1) is 6.61 Å². The number of carbonyl (C=O) groups is 1. The summed E-state index contributed by atoms with van der Waals surface area (Å²) in [5.74, 6) is -0.484. The lowest BCUT2D eigenvalue weighted by Gasteiger charge is -2.19. The third kappa shape index (κ3) is 5.23. The van der Waals surface area contributed by atoms with Crippen LogP contribution in [0.4, 0.5) is 0 Å². The Morgan fingerprint density at radius 2 is 1.61 bits per heavy atom. The summed E-state index contributed by atoms with van der Waals surface area (Å²) in [5.41, 5.74) is 2.67. The van der Waals surface area contributed by atoms with Crippen molar-refractivity contribution in [2.75, 3.05) is 6.61 Å². The number of nitrogens with one attached hydrogen (secondary N) is 1. The van der Waals surface area contributed by atoms with Gasteiger partial charge in [0, 0.05) is 11.3 Å². The van der Waals surface area contributed by atoms with Crippen molar-refractivity contribution in [2.45, 2.75) is 46.0 Å². The van der Waals surface area contributed by atoms with E-state index in [-0.39, 0.29) is 11.0 Å². The second-order valence-corrected chi connectivity index (χ2v) is 8.66. The van der Waals surface area contributed by atoms with Crippen LogP contribution in [0, 0.1) is 0 Å². The summed E-state index contributed by atoms with van der Waals surface area (Å²) in [7, 11) is 0. The Morgan fingerprint density at radius 3 is 2.16 bits per heavy atom. The largest absolute Gasteiger partial charge is 0.494 e. The van der Waals surface area contributed by atoms with Crippen molar-refractivity contribution in [1.29, 1.82) is 0 Å². The Hall–Kier alpha value is -3.34. The van der Waals surface area contributed by atoms with E-state index in [0.717, 1.165) is 29.7 Å². The number of unbranched alkanes of at least 4 members (excludes halogenated alkanes) is 1. The summed E-state index contributed by atoms with van der Waals surface area (Å²) < 4.78 is 5.69. The predicted octanol–water partition coefficient (Wildman–Crippen LogP) is 5.88. The third-order valence-electron chi connectivity index (χ3n) is 5.24. The summed E-state index contributed by atoms with van der Waals surface area (Å²) in [6.45, 7) is 9.12. The van der Waals surface area contributed by atoms with Crippen molar-refractivity contribution in [3.05, 3.63) is 76.1 Å². The maximum absolute atomic E-state index is 12.7. The van der Waals surface area contributed by atoms with E-state index in [2.05, 4.69) is 32.7 Å². The molecule has 0 aliphatic heterocycles. The van der Waals surface area contributed by atoms with Crippen LogP contribution >= 0.6 is 0 Å². The molecule has 5 heteroatoms. The number of rotatable bonds is 7. The monoisotopic (exact) mass is 419 g/mol. The van der Waals surface area contributed by atoms with Gasteiger partial charge in [0.25, 0.3) is 5.56 Å². The van der Waals surface area contributed by atoms with Crippen LogP contribution in [0.2, 0.25) is 0 Å². The van der Waals surface area contributed by atoms with Gasteiger partial charge in [0.2, 0.25) is 0 Å². The van der Waals surface area contributed by atoms with E-state index in [9.17, 15) is 14.7 Å². The van der Waals surface area contributed by atoms with Crippen molar-refractivity contribution in [3.8, 4) is 28.1 Å². The van der Waals surface area contributed by atoms with Gasteiger partial charge in [-0.2, -0.15) is 0 Å². The molecule has 1 aromatic heterocycles. The van der Waals surface area contributed by atoms with Gasteiger partial charge < -0.3 is 14.8 Å². The Balaban J connectivity index is 2.02. The van der Waals surface area contributed by atoms with Gasteiger partial charge in [-0.15, -0.1) is 0 Å². The minimum Gasteiger partial charge on any atom is -0.494 e. The highest BCUT2D eigenvalue weighted by Crippen LogP contribution is 2.30. The lowest BCUT2D eigenvalue weighted by molar-refractivity contribution is 0.0696. The van der Waals surface area contributed by atoms with E-state index in [4.69, 9.17) is 4.74 Å². The van der Waals surface area contributed by atoms with Crippen LogP contribution in [0.3, 0.4) is 0 Å². The highest BCUT2D eigenvalue weighted by atomic mass is 16.5. The summed E-state index contributed by atoms with van der Waals surface area (Å²) in [4.78, 5) is 27.2. The summed E-state index contributed by atoms with van der Waals surface area (Å²) in [6, 6.07) is 16.8. The minimum atomic E-state index is -1.25. The average molecular weight is 420 g/mol. The number of ether oxygens (including phenoxy) is 1. The van der Waals surface area contributed by atoms with Crippen LogP contribution < -0.4 is 10.3 Å². The molecule has 0 fully saturated rings. The van der Waals surface area contributed by atoms with Gasteiger partial charge in [-0.3, -0.25) is 4.79 Å². The van der Waals surface area contributed by atoms with E-state index < -0.39 is 11.5 Å². The van der Waals surface area contributed by atoms with Crippen LogP contribution in [0.5, 0.6) is 5.75 Å². The van der Waals surface area contributed by atoms with E-state index in [1.54, 1.807) is 6.07 Å². The van der Waals surface area contributed by atoms with Crippen LogP contribution in [0.1, 0.15) is 56.5 Å². The second-order valence-electron chi connectivity index (χ2n) is 8.66. The first-order chi connectivity index (χ1) is 14.7. The number of aromatic amines is 1. The fraction of sp³-hybridized carbons (Fsp3) is 0.308. The van der Waals surface area contributed by atoms with Gasteiger partial charge in [-0.05, 0) is 58.9 Å². The fourth-order valence-electron chi connectivity index (χ4n) is 3.37. The number of aromatic nitrogens is 1. The molecule has 1 heterocycles. The number of hydrogen-bond donors (Lipinski definition) is 2. The Bertz CT molecular complexity index is 1100.